The highest BCUT2D eigenvalue weighted by Gasteiger charge is 2.30. The van der Waals surface area contributed by atoms with Crippen LogP contribution < -0.4 is 0 Å². The predicted octanol–water partition coefficient (Wildman–Crippen LogP) is 4.82. The van der Waals surface area contributed by atoms with Crippen molar-refractivity contribution in [1.82, 2.24) is 15.1 Å². The molecule has 1 amide bonds. The Bertz CT molecular complexity index is 1050. The molecular weight excluding hydrogens is 405 g/mol. The first kappa shape index (κ1) is 22.2. The molecule has 1 fully saturated rings. The summed E-state index contributed by atoms with van der Waals surface area (Å²) in [4.78, 5) is 14.4. The number of hydrogen-bond acceptors (Lipinski definition) is 3. The lowest BCUT2D eigenvalue weighted by molar-refractivity contribution is 0.0783. The van der Waals surface area contributed by atoms with E-state index in [1.807, 2.05) is 37.3 Å². The fraction of sp³-hybridized carbons (Fsp3) is 0.385. The molecule has 0 bridgehead atoms. The Morgan fingerprint density at radius 2 is 1.91 bits per heavy atom. The van der Waals surface area contributed by atoms with Crippen LogP contribution in [0.15, 0.2) is 54.6 Å². The van der Waals surface area contributed by atoms with E-state index in [1.165, 1.54) is 17.7 Å². The van der Waals surface area contributed by atoms with E-state index < -0.39 is 6.10 Å². The van der Waals surface area contributed by atoms with Gasteiger partial charge in [-0.25, -0.2) is 4.39 Å². The summed E-state index contributed by atoms with van der Waals surface area (Å²) >= 11 is 0. The van der Waals surface area contributed by atoms with Crippen LogP contribution in [0.3, 0.4) is 0 Å². The SMILES string of the molecule is Cc1cc(CN(C)C(=O)c2ccc(CC3CC[C@H]([C@H](O)c4ccc(F)cc4)C3)cc2)n[nH]1. The minimum atomic E-state index is -0.547. The van der Waals surface area contributed by atoms with E-state index >= 15 is 0 Å². The third kappa shape index (κ3) is 5.25. The number of carbonyl (C=O) groups excluding carboxylic acids is 1. The van der Waals surface area contributed by atoms with E-state index in [2.05, 4.69) is 10.2 Å². The number of rotatable bonds is 7. The lowest BCUT2D eigenvalue weighted by Crippen LogP contribution is -2.26. The van der Waals surface area contributed by atoms with Crippen LogP contribution in [0.5, 0.6) is 0 Å². The van der Waals surface area contributed by atoms with Gasteiger partial charge in [-0.05, 0) is 85.9 Å². The summed E-state index contributed by atoms with van der Waals surface area (Å²) in [6.07, 6.45) is 3.37. The molecule has 0 saturated heterocycles. The molecule has 1 aliphatic carbocycles. The molecular formula is C26H30FN3O2. The number of halogens is 1. The number of aromatic nitrogens is 2. The molecule has 1 unspecified atom stereocenters. The quantitative estimate of drug-likeness (QED) is 0.559. The van der Waals surface area contributed by atoms with Crippen molar-refractivity contribution in [2.45, 2.75) is 45.3 Å². The number of aryl methyl sites for hydroxylation is 1. The van der Waals surface area contributed by atoms with E-state index in [0.717, 1.165) is 42.6 Å². The minimum Gasteiger partial charge on any atom is -0.388 e. The maximum Gasteiger partial charge on any atom is 0.253 e. The summed E-state index contributed by atoms with van der Waals surface area (Å²) in [7, 11) is 1.78. The number of benzene rings is 2. The highest BCUT2D eigenvalue weighted by atomic mass is 19.1. The average molecular weight is 436 g/mol. The molecule has 4 rings (SSSR count). The number of aromatic amines is 1. The summed E-state index contributed by atoms with van der Waals surface area (Å²) < 4.78 is 13.1. The summed E-state index contributed by atoms with van der Waals surface area (Å²) in [5.41, 5.74) is 4.47. The van der Waals surface area contributed by atoms with Crippen LogP contribution in [0, 0.1) is 24.6 Å². The standard InChI is InChI=1S/C26H30FN3O2/c1-17-13-24(29-28-17)16-30(2)26(32)21-6-3-18(4-7-21)14-19-5-8-22(15-19)25(31)20-9-11-23(27)12-10-20/h3-4,6-7,9-13,19,22,25,31H,5,8,14-16H2,1-2H3,(H,28,29)/t19?,22-,25+/m0/s1. The Morgan fingerprint density at radius 1 is 1.19 bits per heavy atom. The molecule has 0 aliphatic heterocycles. The van der Waals surface area contributed by atoms with Gasteiger partial charge in [0.2, 0.25) is 0 Å². The number of aliphatic hydroxyl groups is 1. The lowest BCUT2D eigenvalue weighted by Gasteiger charge is -2.19. The van der Waals surface area contributed by atoms with Gasteiger partial charge in [-0.2, -0.15) is 5.10 Å². The van der Waals surface area contributed by atoms with Gasteiger partial charge >= 0.3 is 0 Å². The zero-order valence-corrected chi connectivity index (χ0v) is 18.6. The normalized spacial score (nSPS) is 19.1. The van der Waals surface area contributed by atoms with Gasteiger partial charge in [-0.1, -0.05) is 24.3 Å². The summed E-state index contributed by atoms with van der Waals surface area (Å²) in [6, 6.07) is 15.9. The molecule has 1 saturated carbocycles. The Hall–Kier alpha value is -2.99. The van der Waals surface area contributed by atoms with Gasteiger partial charge in [0.15, 0.2) is 0 Å². The van der Waals surface area contributed by atoms with Crippen molar-refractivity contribution in [3.8, 4) is 0 Å². The third-order valence-corrected chi connectivity index (χ3v) is 6.47. The molecule has 3 atom stereocenters. The topological polar surface area (TPSA) is 69.2 Å². The first-order valence-corrected chi connectivity index (χ1v) is 11.2. The van der Waals surface area contributed by atoms with Crippen molar-refractivity contribution in [1.29, 1.82) is 0 Å². The smallest absolute Gasteiger partial charge is 0.253 e. The summed E-state index contributed by atoms with van der Waals surface area (Å²) in [5.74, 6) is 0.392. The molecule has 2 N–H and O–H groups in total. The van der Waals surface area contributed by atoms with Crippen LogP contribution in [-0.4, -0.2) is 33.2 Å². The van der Waals surface area contributed by atoms with Crippen LogP contribution in [0.25, 0.3) is 0 Å². The zero-order valence-electron chi connectivity index (χ0n) is 18.6. The van der Waals surface area contributed by atoms with Crippen molar-refractivity contribution in [2.75, 3.05) is 7.05 Å². The number of carbonyl (C=O) groups is 1. The van der Waals surface area contributed by atoms with E-state index in [-0.39, 0.29) is 17.6 Å². The van der Waals surface area contributed by atoms with Gasteiger partial charge in [0.1, 0.15) is 5.82 Å². The monoisotopic (exact) mass is 435 g/mol. The summed E-state index contributed by atoms with van der Waals surface area (Å²) in [6.45, 7) is 2.40. The molecule has 1 aromatic heterocycles. The van der Waals surface area contributed by atoms with E-state index in [4.69, 9.17) is 0 Å². The second kappa shape index (κ2) is 9.65. The molecule has 32 heavy (non-hydrogen) atoms. The first-order chi connectivity index (χ1) is 15.4. The Balaban J connectivity index is 1.30. The Morgan fingerprint density at radius 3 is 2.56 bits per heavy atom. The molecule has 1 heterocycles. The minimum absolute atomic E-state index is 0.0273. The number of hydrogen-bond donors (Lipinski definition) is 2. The van der Waals surface area contributed by atoms with Gasteiger partial charge in [0, 0.05) is 18.3 Å². The van der Waals surface area contributed by atoms with Gasteiger partial charge in [0.05, 0.1) is 18.3 Å². The summed E-state index contributed by atoms with van der Waals surface area (Å²) in [5, 5.41) is 17.8. The maximum atomic E-state index is 13.1. The van der Waals surface area contributed by atoms with Crippen LogP contribution in [0.1, 0.15) is 58.2 Å². The molecule has 0 spiro atoms. The van der Waals surface area contributed by atoms with E-state index in [9.17, 15) is 14.3 Å². The van der Waals surface area contributed by atoms with Crippen molar-refractivity contribution in [2.24, 2.45) is 11.8 Å². The van der Waals surface area contributed by atoms with Gasteiger partial charge in [-0.15, -0.1) is 0 Å². The first-order valence-electron chi connectivity index (χ1n) is 11.2. The van der Waals surface area contributed by atoms with Crippen molar-refractivity contribution in [3.05, 3.63) is 88.5 Å². The fourth-order valence-corrected chi connectivity index (χ4v) is 4.73. The molecule has 1 aliphatic rings. The second-order valence-electron chi connectivity index (χ2n) is 9.04. The van der Waals surface area contributed by atoms with Crippen LogP contribution in [-0.2, 0) is 13.0 Å². The highest BCUT2D eigenvalue weighted by molar-refractivity contribution is 5.94. The number of nitrogens with one attached hydrogen (secondary N) is 1. The van der Waals surface area contributed by atoms with Crippen LogP contribution >= 0.6 is 0 Å². The predicted molar refractivity (Wildman–Crippen MR) is 121 cm³/mol. The Labute approximate surface area is 188 Å². The average Bonchev–Trinajstić information content (AvgIpc) is 3.42. The van der Waals surface area contributed by atoms with Gasteiger partial charge in [-0.3, -0.25) is 9.89 Å². The van der Waals surface area contributed by atoms with Crippen molar-refractivity contribution < 1.29 is 14.3 Å². The number of aliphatic hydroxyl groups excluding tert-OH is 1. The Kier molecular flexibility index (Phi) is 6.70. The molecule has 3 aromatic rings. The van der Waals surface area contributed by atoms with Crippen LogP contribution in [0.2, 0.25) is 0 Å². The third-order valence-electron chi connectivity index (χ3n) is 6.47. The largest absolute Gasteiger partial charge is 0.388 e. The molecule has 6 heteroatoms. The van der Waals surface area contributed by atoms with Crippen LogP contribution in [0.4, 0.5) is 4.39 Å². The highest BCUT2D eigenvalue weighted by Crippen LogP contribution is 2.40. The fourth-order valence-electron chi connectivity index (χ4n) is 4.73. The van der Waals surface area contributed by atoms with Crippen molar-refractivity contribution >= 4 is 5.91 Å². The molecule has 168 valence electrons. The number of nitrogens with zero attached hydrogens (tertiary/aromatic N) is 2. The molecule has 5 nitrogen and oxygen atoms in total. The molecule has 2 aromatic carbocycles. The lowest BCUT2D eigenvalue weighted by atomic mass is 9.91. The molecule has 0 radical (unpaired) electrons. The number of H-pyrrole nitrogens is 1. The number of amides is 1. The second-order valence-corrected chi connectivity index (χ2v) is 9.04. The van der Waals surface area contributed by atoms with E-state index in [0.29, 0.717) is 18.0 Å². The van der Waals surface area contributed by atoms with E-state index in [1.54, 1.807) is 24.1 Å². The zero-order chi connectivity index (χ0) is 22.7. The van der Waals surface area contributed by atoms with Gasteiger partial charge in [0.25, 0.3) is 5.91 Å². The van der Waals surface area contributed by atoms with Crippen molar-refractivity contribution in [3.63, 3.8) is 0 Å². The van der Waals surface area contributed by atoms with Gasteiger partial charge < -0.3 is 10.0 Å². The maximum absolute atomic E-state index is 13.1.